The number of fused-ring (bicyclic) bond motifs is 5. The first-order valence-corrected chi connectivity index (χ1v) is 18.7. The lowest BCUT2D eigenvalue weighted by Gasteiger charge is -2.60. The third-order valence-electron chi connectivity index (χ3n) is 12.6. The number of aromatic nitrogens is 1. The summed E-state index contributed by atoms with van der Waals surface area (Å²) < 4.78 is 14.5. The largest absolute Gasteiger partial charge is 0.514 e. The van der Waals surface area contributed by atoms with E-state index in [2.05, 4.69) is 45.7 Å². The van der Waals surface area contributed by atoms with Crippen molar-refractivity contribution in [2.45, 2.75) is 121 Å². The van der Waals surface area contributed by atoms with Crippen LogP contribution in [-0.4, -0.2) is 29.9 Å². The second-order valence-corrected chi connectivity index (χ2v) is 18.3. The average Bonchev–Trinajstić information content (AvgIpc) is 3.26. The van der Waals surface area contributed by atoms with E-state index in [9.17, 15) is 4.79 Å². The molecule has 0 radical (unpaired) electrons. The van der Waals surface area contributed by atoms with Gasteiger partial charge in [-0.1, -0.05) is 117 Å². The molecule has 5 rings (SSSR count). The lowest BCUT2D eigenvalue weighted by Crippen LogP contribution is -2.60. The van der Waals surface area contributed by atoms with E-state index >= 15 is 0 Å². The summed E-state index contributed by atoms with van der Waals surface area (Å²) in [7, 11) is 1.34. The molecule has 4 aliphatic carbocycles. The molecule has 0 saturated heterocycles. The van der Waals surface area contributed by atoms with Gasteiger partial charge in [-0.05, 0) is 91.8 Å². The first-order valence-electron chi connectivity index (χ1n) is 16.8. The van der Waals surface area contributed by atoms with Gasteiger partial charge in [-0.15, -0.1) is 0 Å². The van der Waals surface area contributed by atoms with Gasteiger partial charge in [-0.25, -0.2) is 9.78 Å². The number of allylic oxidation sites excluding steroid dienone is 1. The molecular weight excluding hydrogens is 690 g/mol. The van der Waals surface area contributed by atoms with E-state index in [1.54, 1.807) is 0 Å². The zero-order valence-electron chi connectivity index (χ0n) is 27.9. The number of nitrogens with zero attached hydrogens (tertiary/aromatic N) is 1. The monoisotopic (exact) mass is 736 g/mol. The van der Waals surface area contributed by atoms with Crippen molar-refractivity contribution in [1.82, 2.24) is 4.98 Å². The third-order valence-corrected chi connectivity index (χ3v) is 13.8. The fourth-order valence-electron chi connectivity index (χ4n) is 9.89. The summed E-state index contributed by atoms with van der Waals surface area (Å²) in [6.07, 6.45) is 13.1. The Morgan fingerprint density at radius 2 is 1.74 bits per heavy atom. The van der Waals surface area contributed by atoms with Gasteiger partial charge in [-0.2, -0.15) is 0 Å². The second-order valence-electron chi connectivity index (χ2n) is 15.3. The standard InChI is InChI=1S/C35H49Cl5N2O4/c1-19(2)8-7-9-20(3)34(41)17-14-25-23-11-10-21-18-22(12-15-32(21,4)24(23)13-16-33(25,34)5)45-31(43)46-28-26(36)29(35(38,39)40)42-30(44-6)27(28)37/h10,19-20,22-25H,7-9,11-18,41H2,1-6H3. The predicted octanol–water partition coefficient (Wildman–Crippen LogP) is 11.2. The minimum Gasteiger partial charge on any atom is -0.480 e. The fourth-order valence-corrected chi connectivity index (χ4v) is 11.1. The molecule has 0 amide bonds. The van der Waals surface area contributed by atoms with Crippen molar-refractivity contribution in [3.8, 4) is 11.6 Å². The molecule has 0 aromatic carbocycles. The summed E-state index contributed by atoms with van der Waals surface area (Å²) >= 11 is 30.9. The number of carbonyl (C=O) groups excluding carboxylic acids is 1. The molecule has 8 atom stereocenters. The van der Waals surface area contributed by atoms with Crippen LogP contribution in [0.25, 0.3) is 0 Å². The minimum absolute atomic E-state index is 0.0844. The smallest absolute Gasteiger partial charge is 0.480 e. The molecule has 11 heteroatoms. The average molecular weight is 739 g/mol. The molecule has 3 fully saturated rings. The second kappa shape index (κ2) is 13.6. The van der Waals surface area contributed by atoms with Crippen LogP contribution in [0.3, 0.4) is 0 Å². The maximum absolute atomic E-state index is 13.0. The molecule has 1 heterocycles. The summed E-state index contributed by atoms with van der Waals surface area (Å²) in [5.41, 5.74) is 8.84. The number of hydrogen-bond acceptors (Lipinski definition) is 6. The maximum atomic E-state index is 13.0. The number of rotatable bonds is 8. The fraction of sp³-hybridized carbons (Fsp3) is 0.771. The lowest BCUT2D eigenvalue weighted by molar-refractivity contribution is -0.0671. The van der Waals surface area contributed by atoms with Crippen LogP contribution >= 0.6 is 58.0 Å². The SMILES string of the molecule is COc1nc(C(Cl)(Cl)Cl)c(Cl)c(OC(=O)OC2CCC3(C)C(=CCC4C3CCC3(C)C4CCC3(N)C(C)CCCC(C)C)C2)c1Cl. The van der Waals surface area contributed by atoms with Crippen molar-refractivity contribution in [3.05, 3.63) is 27.4 Å². The van der Waals surface area contributed by atoms with Crippen molar-refractivity contribution in [2.75, 3.05) is 7.11 Å². The van der Waals surface area contributed by atoms with Crippen LogP contribution in [0.4, 0.5) is 4.79 Å². The van der Waals surface area contributed by atoms with E-state index in [-0.39, 0.29) is 49.8 Å². The molecule has 3 saturated carbocycles. The molecule has 46 heavy (non-hydrogen) atoms. The number of methoxy groups -OCH3 is 1. The van der Waals surface area contributed by atoms with Crippen LogP contribution in [0.15, 0.2) is 11.6 Å². The number of alkyl halides is 3. The minimum atomic E-state index is -2.00. The van der Waals surface area contributed by atoms with Gasteiger partial charge in [0.1, 0.15) is 21.8 Å². The quantitative estimate of drug-likeness (QED) is 0.162. The van der Waals surface area contributed by atoms with Gasteiger partial charge in [0.15, 0.2) is 5.75 Å². The Bertz CT molecular complexity index is 1350. The Kier molecular flexibility index (Phi) is 10.8. The Balaban J connectivity index is 1.27. The topological polar surface area (TPSA) is 83.7 Å². The number of carbonyl (C=O) groups is 1. The van der Waals surface area contributed by atoms with Gasteiger partial charge in [-0.3, -0.25) is 0 Å². The molecule has 0 spiro atoms. The first-order chi connectivity index (χ1) is 21.5. The molecular formula is C35H49Cl5N2O4. The van der Waals surface area contributed by atoms with Crippen molar-refractivity contribution in [3.63, 3.8) is 0 Å². The summed E-state index contributed by atoms with van der Waals surface area (Å²) in [6, 6.07) is 0. The van der Waals surface area contributed by atoms with E-state index < -0.39 is 9.95 Å². The molecule has 1 aromatic rings. The van der Waals surface area contributed by atoms with Crippen molar-refractivity contribution in [2.24, 2.45) is 46.2 Å². The van der Waals surface area contributed by atoms with Gasteiger partial charge in [0, 0.05) is 12.0 Å². The number of hydrogen-bond donors (Lipinski definition) is 1. The van der Waals surface area contributed by atoms with Crippen LogP contribution in [-0.2, 0) is 8.53 Å². The number of halogens is 5. The van der Waals surface area contributed by atoms with E-state index in [4.69, 9.17) is 77.9 Å². The van der Waals surface area contributed by atoms with Gasteiger partial charge in [0.25, 0.3) is 0 Å². The van der Waals surface area contributed by atoms with Crippen LogP contribution in [0.2, 0.25) is 10.0 Å². The van der Waals surface area contributed by atoms with Crippen molar-refractivity contribution < 1.29 is 19.0 Å². The van der Waals surface area contributed by atoms with E-state index in [0.29, 0.717) is 30.1 Å². The van der Waals surface area contributed by atoms with Crippen molar-refractivity contribution in [1.29, 1.82) is 0 Å². The highest BCUT2D eigenvalue weighted by atomic mass is 35.6. The molecule has 4 aliphatic rings. The van der Waals surface area contributed by atoms with Crippen LogP contribution < -0.4 is 15.2 Å². The summed E-state index contributed by atoms with van der Waals surface area (Å²) in [4.78, 5) is 17.1. The lowest BCUT2D eigenvalue weighted by atomic mass is 9.46. The Hall–Kier alpha value is -0.630. The van der Waals surface area contributed by atoms with Gasteiger partial charge >= 0.3 is 6.16 Å². The van der Waals surface area contributed by atoms with E-state index in [1.807, 2.05) is 0 Å². The molecule has 258 valence electrons. The Morgan fingerprint density at radius 1 is 1.04 bits per heavy atom. The molecule has 0 bridgehead atoms. The van der Waals surface area contributed by atoms with E-state index in [1.165, 1.54) is 51.2 Å². The predicted molar refractivity (Wildman–Crippen MR) is 187 cm³/mol. The molecule has 6 nitrogen and oxygen atoms in total. The highest BCUT2D eigenvalue weighted by Crippen LogP contribution is 2.68. The number of pyridine rings is 1. The molecule has 2 N–H and O–H groups in total. The number of ether oxygens (including phenoxy) is 3. The summed E-state index contributed by atoms with van der Waals surface area (Å²) in [5.74, 6) is 2.84. The van der Waals surface area contributed by atoms with Crippen molar-refractivity contribution >= 4 is 64.2 Å². The highest BCUT2D eigenvalue weighted by Gasteiger charge is 2.63. The van der Waals surface area contributed by atoms with Crippen LogP contribution in [0.1, 0.15) is 111 Å². The molecule has 0 aliphatic heterocycles. The first kappa shape index (κ1) is 36.6. The Morgan fingerprint density at radius 3 is 2.39 bits per heavy atom. The van der Waals surface area contributed by atoms with Gasteiger partial charge in [0.05, 0.1) is 7.11 Å². The van der Waals surface area contributed by atoms with Crippen LogP contribution in [0.5, 0.6) is 11.6 Å². The normalized spacial score (nSPS) is 34.7. The molecule has 8 unspecified atom stereocenters. The zero-order chi connectivity index (χ0) is 33.8. The third kappa shape index (κ3) is 6.51. The van der Waals surface area contributed by atoms with Gasteiger partial charge < -0.3 is 19.9 Å². The van der Waals surface area contributed by atoms with E-state index in [0.717, 1.165) is 31.6 Å². The molecule has 1 aromatic heterocycles. The van der Waals surface area contributed by atoms with Gasteiger partial charge in [0.2, 0.25) is 9.67 Å². The Labute approximate surface area is 299 Å². The zero-order valence-corrected chi connectivity index (χ0v) is 31.6. The maximum Gasteiger partial charge on any atom is 0.514 e. The summed E-state index contributed by atoms with van der Waals surface area (Å²) in [5, 5.41) is -0.329. The summed E-state index contributed by atoms with van der Waals surface area (Å²) in [6.45, 7) is 12.0. The number of nitrogens with two attached hydrogens (primary N) is 1. The highest BCUT2D eigenvalue weighted by molar-refractivity contribution is 6.67. The van der Waals surface area contributed by atoms with Crippen LogP contribution in [0, 0.1) is 40.4 Å².